The number of methoxy groups -OCH3 is 1. The number of rotatable bonds is 38. The Morgan fingerprint density at radius 3 is 1.15 bits per heavy atom. The Kier molecular flexibility index (Phi) is 64.0. The van der Waals surface area contributed by atoms with Crippen LogP contribution in [0.1, 0.15) is 156 Å². The molecule has 1 aromatic carbocycles. The van der Waals surface area contributed by atoms with E-state index in [1.807, 2.05) is 27.7 Å². The van der Waals surface area contributed by atoms with Crippen molar-refractivity contribution in [3.8, 4) is 5.75 Å². The number of likely N-dealkylation sites (N-methyl/N-ethyl adjacent to an activating group) is 2. The number of aliphatic hydroxyl groups is 1. The standard InChI is InChI=1S/C15H34N2OSi2.C13H28N2OSi.C11H13NO2.C9H17NO2.C8H15NO2.C7H13NO2.C6H11NO2/c1-9-17(10-2)12-11-16-14(19(3,4)5)13-15(18)20(6,7)8;1-7-15(8-2)10-9-14-12(3)11-13(16)17(4,5)6;1-8(7-9(2)13)12-10-5-3-4-6-11(10)14;1-4-12-6-5-10-8(2)7-9(3)11;1-7(6-8(2)10)9-4-5-11-3;1-6(5-7(2)10)8-3-4-9;1-5(7-9-3)4-6(2)8/h9-13H2,1-8H3;7-11H2,1-6H3;3-6,14H,7H2,1-2H3;4-7H2,1-3H3;4-6H2,1-3H3;9H,3-5H2,1-2H3;4H2,1-3H3/b;;;;;;7-5+. The summed E-state index contributed by atoms with van der Waals surface area (Å²) in [6.45, 7) is 60.6. The number of aliphatic hydroxyl groups excluding tert-OH is 1. The van der Waals surface area contributed by atoms with E-state index in [0.717, 1.165) is 81.8 Å². The van der Waals surface area contributed by atoms with Gasteiger partial charge in [0.15, 0.2) is 0 Å². The van der Waals surface area contributed by atoms with Gasteiger partial charge in [-0.15, -0.1) is 0 Å². The van der Waals surface area contributed by atoms with Crippen molar-refractivity contribution in [2.24, 2.45) is 35.1 Å². The number of carbonyl (C=O) groups is 7. The summed E-state index contributed by atoms with van der Waals surface area (Å²) in [5.74, 6) is 0.737. The maximum Gasteiger partial charge on any atom is 0.141 e. The first kappa shape index (κ1) is 98.7. The zero-order valence-corrected chi connectivity index (χ0v) is 66.4. The van der Waals surface area contributed by atoms with Gasteiger partial charge in [-0.2, -0.15) is 0 Å². The lowest BCUT2D eigenvalue weighted by atomic mass is 10.2. The van der Waals surface area contributed by atoms with E-state index in [4.69, 9.17) is 19.6 Å². The number of aliphatic imine (C=N–C) groups is 6. The third-order valence-corrected chi connectivity index (χ3v) is 18.3. The molecule has 0 unspecified atom stereocenters. The molecule has 2 N–H and O–H groups in total. The number of oxime groups is 1. The van der Waals surface area contributed by atoms with Gasteiger partial charge in [0.1, 0.15) is 74.4 Å². The van der Waals surface area contributed by atoms with Gasteiger partial charge in [-0.1, -0.05) is 104 Å². The van der Waals surface area contributed by atoms with Crippen LogP contribution in [-0.2, 0) is 47.9 Å². The first-order valence-corrected chi connectivity index (χ1v) is 43.2. The van der Waals surface area contributed by atoms with E-state index in [1.54, 1.807) is 66.0 Å². The quantitative estimate of drug-likeness (QED) is 0.0270. The summed E-state index contributed by atoms with van der Waals surface area (Å²) >= 11 is 0. The van der Waals surface area contributed by atoms with Crippen LogP contribution in [0.4, 0.5) is 5.69 Å². The summed E-state index contributed by atoms with van der Waals surface area (Å²) in [5.41, 5.74) is 5.48. The Labute approximate surface area is 566 Å². The molecule has 24 heteroatoms. The highest BCUT2D eigenvalue weighted by atomic mass is 28.3. The van der Waals surface area contributed by atoms with Crippen molar-refractivity contribution >= 4 is 109 Å². The summed E-state index contributed by atoms with van der Waals surface area (Å²) in [6.07, 6.45) is 3.19. The van der Waals surface area contributed by atoms with Gasteiger partial charge in [-0.25, -0.2) is 0 Å². The first-order chi connectivity index (χ1) is 43.1. The van der Waals surface area contributed by atoms with E-state index in [9.17, 15) is 38.7 Å². The Morgan fingerprint density at radius 1 is 0.441 bits per heavy atom. The second-order valence-corrected chi connectivity index (χ2v) is 40.6. The second-order valence-electron chi connectivity index (χ2n) is 25.5. The van der Waals surface area contributed by atoms with E-state index in [1.165, 1.54) is 33.2 Å². The lowest BCUT2D eigenvalue weighted by molar-refractivity contribution is -0.116. The van der Waals surface area contributed by atoms with Gasteiger partial charge in [0.25, 0.3) is 0 Å². The molecule has 0 radical (unpaired) electrons. The van der Waals surface area contributed by atoms with Crippen LogP contribution in [0.2, 0.25) is 58.9 Å². The molecule has 536 valence electrons. The van der Waals surface area contributed by atoms with Crippen LogP contribution in [0.25, 0.3) is 0 Å². The molecule has 0 saturated carbocycles. The number of para-hydroxylation sites is 2. The number of Topliss-reactive ketones (excluding diaryl/α,β-unsaturated/α-hetero) is 5. The molecule has 0 aromatic heterocycles. The van der Waals surface area contributed by atoms with Crippen LogP contribution >= 0.6 is 0 Å². The number of ether oxygens (including phenoxy) is 2. The lowest BCUT2D eigenvalue weighted by Crippen LogP contribution is -2.42. The number of benzene rings is 1. The SMILES string of the molecule is CC(=O)CC(C)=NCCO.CC(=O)CC(C)=Nc1ccccc1O.CCN(CC)CCN=C(C)CC(=O)[Si](C)(C)C.CCN(CC)CCN=C(CC(=O)[Si](C)(C)C)[Si](C)(C)C.CCOCCN=C(C)CC(C)=O.CO/N=C(\C)CC(C)=O.COCCN=C(C)CC(C)=O. The van der Waals surface area contributed by atoms with Crippen LogP contribution in [-0.4, -0.2) is 236 Å². The number of nitrogens with zero attached hydrogens (tertiary/aromatic N) is 9. The molecule has 0 amide bonds. The van der Waals surface area contributed by atoms with E-state index < -0.39 is 24.2 Å². The van der Waals surface area contributed by atoms with E-state index in [0.29, 0.717) is 106 Å². The molecule has 1 rings (SSSR count). The molecule has 0 aliphatic carbocycles. The van der Waals surface area contributed by atoms with E-state index in [2.05, 4.69) is 131 Å². The van der Waals surface area contributed by atoms with Crippen LogP contribution in [0, 0.1) is 0 Å². The van der Waals surface area contributed by atoms with Crippen LogP contribution in [0.3, 0.4) is 0 Å². The molecule has 0 fully saturated rings. The lowest BCUT2D eigenvalue weighted by Gasteiger charge is -2.23. The van der Waals surface area contributed by atoms with Crippen molar-refractivity contribution in [2.75, 3.05) is 113 Å². The minimum Gasteiger partial charge on any atom is -0.506 e. The average molecular weight is 1360 g/mol. The number of ketones is 5. The molecule has 0 bridgehead atoms. The summed E-state index contributed by atoms with van der Waals surface area (Å²) < 4.78 is 9.90. The number of carbonyl (C=O) groups excluding carboxylic acids is 7. The van der Waals surface area contributed by atoms with Crippen molar-refractivity contribution < 1.29 is 58.1 Å². The van der Waals surface area contributed by atoms with Crippen molar-refractivity contribution in [1.82, 2.24) is 9.80 Å². The number of hydrogen-bond donors (Lipinski definition) is 2. The van der Waals surface area contributed by atoms with Crippen LogP contribution < -0.4 is 0 Å². The molecule has 21 nitrogen and oxygen atoms in total. The Morgan fingerprint density at radius 2 is 0.796 bits per heavy atom. The molecular formula is C69H131N9O12Si3. The zero-order valence-electron chi connectivity index (χ0n) is 63.4. The fourth-order valence-electron chi connectivity index (χ4n) is 7.29. The molecule has 93 heavy (non-hydrogen) atoms. The van der Waals surface area contributed by atoms with Crippen LogP contribution in [0.15, 0.2) is 59.4 Å². The van der Waals surface area contributed by atoms with Crippen molar-refractivity contribution in [1.29, 1.82) is 0 Å². The number of hydrogen-bond acceptors (Lipinski definition) is 21. The Balaban J connectivity index is -0.000000241. The highest BCUT2D eigenvalue weighted by molar-refractivity contribution is 7.09. The third kappa shape index (κ3) is 70.8. The van der Waals surface area contributed by atoms with E-state index >= 15 is 0 Å². The van der Waals surface area contributed by atoms with Crippen molar-refractivity contribution in [2.45, 2.75) is 215 Å². The van der Waals surface area contributed by atoms with Crippen molar-refractivity contribution in [3.05, 3.63) is 24.3 Å². The first-order valence-electron chi connectivity index (χ1n) is 32.7. The van der Waals surface area contributed by atoms with Gasteiger partial charge in [0.2, 0.25) is 0 Å². The largest absolute Gasteiger partial charge is 0.506 e. The van der Waals surface area contributed by atoms with Gasteiger partial charge >= 0.3 is 0 Å². The summed E-state index contributed by atoms with van der Waals surface area (Å²) in [4.78, 5) is 112. The fraction of sp³-hybridized carbons (Fsp3) is 0.710. The molecule has 1 aromatic rings. The maximum atomic E-state index is 12.3. The summed E-state index contributed by atoms with van der Waals surface area (Å²) in [6, 6.07) is 6.80. The number of phenolic OH excluding ortho intramolecular Hbond substituents is 1. The normalized spacial score (nSPS) is 12.4. The number of phenols is 1. The zero-order chi connectivity index (χ0) is 73.3. The van der Waals surface area contributed by atoms with Crippen LogP contribution in [0.5, 0.6) is 5.75 Å². The van der Waals surface area contributed by atoms with Gasteiger partial charge in [-0.05, 0) is 121 Å². The molecule has 0 aliphatic rings. The molecule has 0 heterocycles. The topological polar surface area (TPSA) is 281 Å². The maximum absolute atomic E-state index is 12.3. The van der Waals surface area contributed by atoms with Gasteiger partial charge < -0.3 is 43.9 Å². The fourth-order valence-corrected chi connectivity index (χ4v) is 10.2. The molecular weight excluding hydrogens is 1230 g/mol. The predicted molar refractivity (Wildman–Crippen MR) is 402 cm³/mol. The smallest absolute Gasteiger partial charge is 0.141 e. The minimum atomic E-state index is -1.68. The Bertz CT molecular complexity index is 2480. The van der Waals surface area contributed by atoms with Gasteiger partial charge in [-0.3, -0.25) is 53.9 Å². The molecule has 0 spiro atoms. The third-order valence-electron chi connectivity index (χ3n) is 12.5. The summed E-state index contributed by atoms with van der Waals surface area (Å²) in [5, 5.41) is 23.4. The summed E-state index contributed by atoms with van der Waals surface area (Å²) in [7, 11) is -1.70. The second kappa shape index (κ2) is 60.3. The van der Waals surface area contributed by atoms with Gasteiger partial charge in [0, 0.05) is 106 Å². The van der Waals surface area contributed by atoms with Crippen molar-refractivity contribution in [3.63, 3.8) is 0 Å². The highest BCUT2D eigenvalue weighted by Gasteiger charge is 2.30. The van der Waals surface area contributed by atoms with E-state index in [-0.39, 0.29) is 41.3 Å². The molecule has 0 aliphatic heterocycles. The molecule has 0 saturated heterocycles. The monoisotopic (exact) mass is 1360 g/mol. The Hall–Kier alpha value is -5.35. The molecule has 0 atom stereocenters. The number of aromatic hydroxyl groups is 1. The average Bonchev–Trinajstić information content (AvgIpc) is 1.70. The van der Waals surface area contributed by atoms with Gasteiger partial charge in [0.05, 0.1) is 66.3 Å². The highest BCUT2D eigenvalue weighted by Crippen LogP contribution is 2.25. The minimum absolute atomic E-state index is 0.0508. The predicted octanol–water partition coefficient (Wildman–Crippen LogP) is 12.5.